The maximum Gasteiger partial charge on any atom is 0.222 e. The van der Waals surface area contributed by atoms with Crippen LogP contribution in [-0.2, 0) is 11.2 Å². The highest BCUT2D eigenvalue weighted by molar-refractivity contribution is 5.76. The maximum atomic E-state index is 12.5. The average molecular weight is 286 g/mol. The molecule has 3 heteroatoms. The van der Waals surface area contributed by atoms with Gasteiger partial charge in [0.2, 0.25) is 5.91 Å². The molecule has 2 atom stereocenters. The highest BCUT2D eigenvalue weighted by atomic mass is 16.2. The summed E-state index contributed by atoms with van der Waals surface area (Å²) in [4.78, 5) is 14.6. The van der Waals surface area contributed by atoms with E-state index in [0.29, 0.717) is 12.3 Å². The minimum atomic E-state index is 0.339. The van der Waals surface area contributed by atoms with Gasteiger partial charge in [-0.1, -0.05) is 24.3 Å². The lowest BCUT2D eigenvalue weighted by molar-refractivity contribution is -0.131. The first-order chi connectivity index (χ1) is 10.2. The molecule has 1 N–H and O–H groups in total. The molecule has 1 amide bonds. The fourth-order valence-electron chi connectivity index (χ4n) is 3.76. The molecule has 0 aromatic heterocycles. The van der Waals surface area contributed by atoms with Gasteiger partial charge in [0.15, 0.2) is 0 Å². The minimum Gasteiger partial charge on any atom is -0.343 e. The van der Waals surface area contributed by atoms with Crippen molar-refractivity contribution in [3.05, 3.63) is 35.4 Å². The summed E-state index contributed by atoms with van der Waals surface area (Å²) in [6.45, 7) is 6.33. The lowest BCUT2D eigenvalue weighted by Gasteiger charge is -2.21. The lowest BCUT2D eigenvalue weighted by atomic mass is 9.92. The summed E-state index contributed by atoms with van der Waals surface area (Å²) in [5.41, 5.74) is 2.60. The highest BCUT2D eigenvalue weighted by Crippen LogP contribution is 2.27. The van der Waals surface area contributed by atoms with Gasteiger partial charge in [0.05, 0.1) is 0 Å². The van der Waals surface area contributed by atoms with Gasteiger partial charge in [-0.05, 0) is 62.2 Å². The number of hydrogen-bond donors (Lipinski definition) is 1. The zero-order valence-electron chi connectivity index (χ0n) is 13.0. The van der Waals surface area contributed by atoms with Crippen LogP contribution in [0.25, 0.3) is 0 Å². The van der Waals surface area contributed by atoms with E-state index in [9.17, 15) is 4.79 Å². The zero-order valence-corrected chi connectivity index (χ0v) is 13.0. The van der Waals surface area contributed by atoms with Crippen LogP contribution >= 0.6 is 0 Å². The van der Waals surface area contributed by atoms with Crippen molar-refractivity contribution >= 4 is 5.91 Å². The number of benzene rings is 1. The van der Waals surface area contributed by atoms with E-state index in [2.05, 4.69) is 41.4 Å². The molecule has 114 valence electrons. The summed E-state index contributed by atoms with van der Waals surface area (Å²) in [5.74, 6) is 1.92. The van der Waals surface area contributed by atoms with Crippen LogP contribution in [0.15, 0.2) is 24.3 Å². The Hall–Kier alpha value is -1.35. The third kappa shape index (κ3) is 3.46. The number of hydrogen-bond acceptors (Lipinski definition) is 2. The molecule has 2 aliphatic heterocycles. The first-order valence-electron chi connectivity index (χ1n) is 8.27. The van der Waals surface area contributed by atoms with Crippen LogP contribution in [0.4, 0.5) is 0 Å². The summed E-state index contributed by atoms with van der Waals surface area (Å²) in [5, 5.41) is 3.49. The van der Waals surface area contributed by atoms with Crippen LogP contribution in [0.2, 0.25) is 0 Å². The van der Waals surface area contributed by atoms with Crippen LogP contribution < -0.4 is 5.32 Å². The first kappa shape index (κ1) is 14.6. The Balaban J connectivity index is 1.52. The molecule has 1 aromatic rings. The number of carbonyl (C=O) groups is 1. The summed E-state index contributed by atoms with van der Waals surface area (Å²) >= 11 is 0. The predicted octanol–water partition coefficient (Wildman–Crippen LogP) is 2.39. The van der Waals surface area contributed by atoms with Crippen LogP contribution in [0.1, 0.15) is 30.4 Å². The lowest BCUT2D eigenvalue weighted by Crippen LogP contribution is -2.32. The van der Waals surface area contributed by atoms with Crippen molar-refractivity contribution in [2.75, 3.05) is 26.2 Å². The standard InChI is InChI=1S/C18H26N2O/c1-14-4-2-3-5-15(14)6-7-18(21)20-10-8-16-12-19-13-17(16)9-11-20/h2-5,16-17,19H,6-13H2,1H3/t16-,17+. The Morgan fingerprint density at radius 1 is 1.19 bits per heavy atom. The Morgan fingerprint density at radius 3 is 2.52 bits per heavy atom. The number of likely N-dealkylation sites (tertiary alicyclic amines) is 1. The van der Waals surface area contributed by atoms with Gasteiger partial charge in [-0.15, -0.1) is 0 Å². The summed E-state index contributed by atoms with van der Waals surface area (Å²) in [7, 11) is 0. The van der Waals surface area contributed by atoms with Gasteiger partial charge in [0, 0.05) is 19.5 Å². The van der Waals surface area contributed by atoms with E-state index < -0.39 is 0 Å². The molecule has 0 spiro atoms. The molecule has 0 unspecified atom stereocenters. The Bertz CT molecular complexity index is 486. The van der Waals surface area contributed by atoms with Crippen molar-refractivity contribution < 1.29 is 4.79 Å². The summed E-state index contributed by atoms with van der Waals surface area (Å²) < 4.78 is 0. The molecule has 2 saturated heterocycles. The molecular weight excluding hydrogens is 260 g/mol. The first-order valence-corrected chi connectivity index (χ1v) is 8.27. The zero-order chi connectivity index (χ0) is 14.7. The van der Waals surface area contributed by atoms with Crippen molar-refractivity contribution in [1.82, 2.24) is 10.2 Å². The normalized spacial score (nSPS) is 25.5. The molecule has 0 radical (unpaired) electrons. The predicted molar refractivity (Wildman–Crippen MR) is 85.2 cm³/mol. The quantitative estimate of drug-likeness (QED) is 0.925. The summed E-state index contributed by atoms with van der Waals surface area (Å²) in [6.07, 6.45) is 3.87. The Kier molecular flexibility index (Phi) is 4.59. The van der Waals surface area contributed by atoms with E-state index in [0.717, 1.165) is 44.4 Å². The second-order valence-corrected chi connectivity index (χ2v) is 6.56. The average Bonchev–Trinajstić information content (AvgIpc) is 2.85. The Morgan fingerprint density at radius 2 is 1.86 bits per heavy atom. The van der Waals surface area contributed by atoms with Gasteiger partial charge in [0.25, 0.3) is 0 Å². The fourth-order valence-corrected chi connectivity index (χ4v) is 3.76. The molecule has 2 aliphatic rings. The van der Waals surface area contributed by atoms with Gasteiger partial charge < -0.3 is 10.2 Å². The molecule has 3 nitrogen and oxygen atoms in total. The maximum absolute atomic E-state index is 12.5. The van der Waals surface area contributed by atoms with E-state index in [4.69, 9.17) is 0 Å². The second-order valence-electron chi connectivity index (χ2n) is 6.56. The van der Waals surface area contributed by atoms with Gasteiger partial charge in [-0.25, -0.2) is 0 Å². The number of fused-ring (bicyclic) bond motifs is 1. The summed E-state index contributed by atoms with van der Waals surface area (Å²) in [6, 6.07) is 8.39. The molecule has 1 aromatic carbocycles. The van der Waals surface area contributed by atoms with Crippen molar-refractivity contribution in [2.24, 2.45) is 11.8 Å². The van der Waals surface area contributed by atoms with Crippen molar-refractivity contribution in [1.29, 1.82) is 0 Å². The van der Waals surface area contributed by atoms with Crippen LogP contribution in [0.3, 0.4) is 0 Å². The van der Waals surface area contributed by atoms with Crippen LogP contribution in [0.5, 0.6) is 0 Å². The van der Waals surface area contributed by atoms with Gasteiger partial charge in [-0.3, -0.25) is 4.79 Å². The van der Waals surface area contributed by atoms with E-state index >= 15 is 0 Å². The molecule has 3 rings (SSSR count). The molecular formula is C18H26N2O. The fraction of sp³-hybridized carbons (Fsp3) is 0.611. The Labute approximate surface area is 127 Å². The second kappa shape index (κ2) is 6.61. The molecule has 2 fully saturated rings. The topological polar surface area (TPSA) is 32.3 Å². The number of amides is 1. The van der Waals surface area contributed by atoms with E-state index in [-0.39, 0.29) is 0 Å². The van der Waals surface area contributed by atoms with Crippen LogP contribution in [-0.4, -0.2) is 37.0 Å². The van der Waals surface area contributed by atoms with E-state index in [1.54, 1.807) is 0 Å². The molecule has 2 heterocycles. The van der Waals surface area contributed by atoms with E-state index in [1.807, 2.05) is 0 Å². The van der Waals surface area contributed by atoms with Crippen molar-refractivity contribution in [2.45, 2.75) is 32.6 Å². The molecule has 21 heavy (non-hydrogen) atoms. The molecule has 0 bridgehead atoms. The molecule has 0 aliphatic carbocycles. The van der Waals surface area contributed by atoms with Gasteiger partial charge in [0.1, 0.15) is 0 Å². The van der Waals surface area contributed by atoms with Gasteiger partial charge in [-0.2, -0.15) is 0 Å². The highest BCUT2D eigenvalue weighted by Gasteiger charge is 2.31. The van der Waals surface area contributed by atoms with Crippen molar-refractivity contribution in [3.8, 4) is 0 Å². The molecule has 0 saturated carbocycles. The minimum absolute atomic E-state index is 0.339. The number of nitrogens with zero attached hydrogens (tertiary/aromatic N) is 1. The number of nitrogens with one attached hydrogen (secondary N) is 1. The largest absolute Gasteiger partial charge is 0.343 e. The SMILES string of the molecule is Cc1ccccc1CCC(=O)N1CC[C@@H]2CNC[C@@H]2CC1. The number of carbonyl (C=O) groups excluding carboxylic acids is 1. The number of rotatable bonds is 3. The third-order valence-electron chi connectivity index (χ3n) is 5.24. The van der Waals surface area contributed by atoms with Gasteiger partial charge >= 0.3 is 0 Å². The third-order valence-corrected chi connectivity index (χ3v) is 5.24. The number of aryl methyl sites for hydroxylation is 2. The smallest absolute Gasteiger partial charge is 0.222 e. The van der Waals surface area contributed by atoms with E-state index in [1.165, 1.54) is 24.0 Å². The van der Waals surface area contributed by atoms with Crippen molar-refractivity contribution in [3.63, 3.8) is 0 Å². The van der Waals surface area contributed by atoms with Crippen LogP contribution in [0, 0.1) is 18.8 Å². The monoisotopic (exact) mass is 286 g/mol.